The molecule has 0 radical (unpaired) electrons. The molecule has 2 rings (SSSR count). The molecule has 0 unspecified atom stereocenters. The highest BCUT2D eigenvalue weighted by Crippen LogP contribution is 2.35. The number of amides is 1. The second kappa shape index (κ2) is 8.25. The second-order valence-corrected chi connectivity index (χ2v) is 6.65. The fraction of sp³-hybridized carbons (Fsp3) is 0.263. The minimum atomic E-state index is -0.627. The van der Waals surface area contributed by atoms with Crippen molar-refractivity contribution in [2.24, 2.45) is 0 Å². The molecule has 1 amide bonds. The van der Waals surface area contributed by atoms with Crippen LogP contribution in [0.1, 0.15) is 31.7 Å². The Kier molecular flexibility index (Phi) is 6.31. The van der Waals surface area contributed by atoms with Gasteiger partial charge >= 0.3 is 5.97 Å². The van der Waals surface area contributed by atoms with E-state index in [4.69, 9.17) is 0 Å². The summed E-state index contributed by atoms with van der Waals surface area (Å²) in [7, 11) is 1.23. The molecule has 0 N–H and O–H groups in total. The Morgan fingerprint density at radius 1 is 1.20 bits per heavy atom. The van der Waals surface area contributed by atoms with Crippen LogP contribution >= 0.6 is 15.9 Å². The molecule has 25 heavy (non-hydrogen) atoms. The van der Waals surface area contributed by atoms with E-state index in [1.807, 2.05) is 38.1 Å². The number of para-hydroxylation sites is 1. The van der Waals surface area contributed by atoms with E-state index in [2.05, 4.69) is 20.7 Å². The van der Waals surface area contributed by atoms with E-state index in [9.17, 15) is 14.0 Å². The number of carbonyl (C=O) groups is 2. The molecule has 6 heteroatoms. The Morgan fingerprint density at radius 2 is 1.88 bits per heavy atom. The lowest BCUT2D eigenvalue weighted by Crippen LogP contribution is -2.29. The molecule has 4 nitrogen and oxygen atoms in total. The molecule has 0 spiro atoms. The minimum Gasteiger partial charge on any atom is -0.469 e. The number of carbonyl (C=O) groups excluding carboxylic acids is 2. The van der Waals surface area contributed by atoms with E-state index in [0.717, 1.165) is 5.56 Å². The SMILES string of the molecule is COC(=O)CC(=O)N(c1ccc(F)c(Br)c1)c1ccccc1C(C)C. The van der Waals surface area contributed by atoms with Crippen molar-refractivity contribution >= 4 is 39.2 Å². The maximum atomic E-state index is 13.6. The molecule has 0 aliphatic heterocycles. The van der Waals surface area contributed by atoms with Gasteiger partial charge in [-0.2, -0.15) is 0 Å². The van der Waals surface area contributed by atoms with E-state index in [-0.39, 0.29) is 10.4 Å². The maximum Gasteiger partial charge on any atom is 0.315 e. The average molecular weight is 408 g/mol. The zero-order chi connectivity index (χ0) is 18.6. The van der Waals surface area contributed by atoms with Gasteiger partial charge in [0.05, 0.1) is 23.0 Å². The van der Waals surface area contributed by atoms with Crippen LogP contribution in [0.25, 0.3) is 0 Å². The normalized spacial score (nSPS) is 10.6. The van der Waals surface area contributed by atoms with Gasteiger partial charge in [-0.1, -0.05) is 32.0 Å². The molecule has 2 aromatic carbocycles. The number of hydrogen-bond acceptors (Lipinski definition) is 3. The van der Waals surface area contributed by atoms with Crippen molar-refractivity contribution in [1.82, 2.24) is 0 Å². The molecule has 0 atom stereocenters. The smallest absolute Gasteiger partial charge is 0.315 e. The Bertz CT molecular complexity index is 792. The van der Waals surface area contributed by atoms with Crippen LogP contribution in [0.15, 0.2) is 46.9 Å². The molecule has 132 valence electrons. The summed E-state index contributed by atoms with van der Waals surface area (Å²) in [6, 6.07) is 11.7. The highest BCUT2D eigenvalue weighted by atomic mass is 79.9. The molecular weight excluding hydrogens is 389 g/mol. The first-order valence-electron chi connectivity index (χ1n) is 7.79. The van der Waals surface area contributed by atoms with Gasteiger partial charge in [-0.3, -0.25) is 14.5 Å². The lowest BCUT2D eigenvalue weighted by molar-refractivity contribution is -0.143. The topological polar surface area (TPSA) is 46.6 Å². The van der Waals surface area contributed by atoms with Crippen LogP contribution in [0.4, 0.5) is 15.8 Å². The minimum absolute atomic E-state index is 0.161. The molecular formula is C19H19BrFNO3. The monoisotopic (exact) mass is 407 g/mol. The molecule has 0 saturated carbocycles. The van der Waals surface area contributed by atoms with Crippen molar-refractivity contribution in [3.63, 3.8) is 0 Å². The van der Waals surface area contributed by atoms with Crippen LogP contribution in [0, 0.1) is 5.82 Å². The standard InChI is InChI=1S/C19H19BrFNO3/c1-12(2)14-6-4-5-7-17(14)22(18(23)11-19(24)25-3)13-8-9-16(21)15(20)10-13/h4-10,12H,11H2,1-3H3. The fourth-order valence-electron chi connectivity index (χ4n) is 2.50. The third-order valence-electron chi connectivity index (χ3n) is 3.73. The van der Waals surface area contributed by atoms with Crippen molar-refractivity contribution < 1.29 is 18.7 Å². The van der Waals surface area contributed by atoms with Gasteiger partial charge in [-0.05, 0) is 51.7 Å². The molecule has 0 saturated heterocycles. The number of hydrogen-bond donors (Lipinski definition) is 0. The van der Waals surface area contributed by atoms with Gasteiger partial charge in [0.1, 0.15) is 12.2 Å². The molecule has 2 aromatic rings. The number of esters is 1. The Morgan fingerprint density at radius 3 is 2.48 bits per heavy atom. The summed E-state index contributed by atoms with van der Waals surface area (Å²) in [6.45, 7) is 4.03. The number of methoxy groups -OCH3 is 1. The number of benzene rings is 2. The van der Waals surface area contributed by atoms with Crippen LogP contribution in [0.2, 0.25) is 0 Å². The van der Waals surface area contributed by atoms with Crippen molar-refractivity contribution in [2.45, 2.75) is 26.2 Å². The zero-order valence-electron chi connectivity index (χ0n) is 14.3. The van der Waals surface area contributed by atoms with Crippen LogP contribution < -0.4 is 4.90 Å². The van der Waals surface area contributed by atoms with E-state index in [1.165, 1.54) is 30.2 Å². The number of halogens is 2. The van der Waals surface area contributed by atoms with E-state index in [1.54, 1.807) is 0 Å². The highest BCUT2D eigenvalue weighted by molar-refractivity contribution is 9.10. The van der Waals surface area contributed by atoms with Gasteiger partial charge in [0.25, 0.3) is 0 Å². The molecule has 0 aliphatic rings. The van der Waals surface area contributed by atoms with Gasteiger partial charge in [0.2, 0.25) is 5.91 Å². The van der Waals surface area contributed by atoms with Crippen LogP contribution in [0.5, 0.6) is 0 Å². The Labute approximate surface area is 154 Å². The van der Waals surface area contributed by atoms with Gasteiger partial charge in [-0.15, -0.1) is 0 Å². The van der Waals surface area contributed by atoms with Crippen LogP contribution in [-0.2, 0) is 14.3 Å². The highest BCUT2D eigenvalue weighted by Gasteiger charge is 2.24. The quantitative estimate of drug-likeness (QED) is 0.520. The van der Waals surface area contributed by atoms with Crippen molar-refractivity contribution in [3.05, 3.63) is 58.3 Å². The van der Waals surface area contributed by atoms with Gasteiger partial charge in [0, 0.05) is 0 Å². The third kappa shape index (κ3) is 4.45. The Balaban J connectivity index is 2.58. The molecule has 0 fully saturated rings. The summed E-state index contributed by atoms with van der Waals surface area (Å²) in [4.78, 5) is 25.8. The first-order valence-corrected chi connectivity index (χ1v) is 8.58. The zero-order valence-corrected chi connectivity index (χ0v) is 15.8. The summed E-state index contributed by atoms with van der Waals surface area (Å²) in [5, 5.41) is 0. The molecule has 0 aromatic heterocycles. The summed E-state index contributed by atoms with van der Waals surface area (Å²) >= 11 is 3.14. The van der Waals surface area contributed by atoms with E-state index < -0.39 is 24.1 Å². The number of nitrogens with zero attached hydrogens (tertiary/aromatic N) is 1. The van der Waals surface area contributed by atoms with E-state index >= 15 is 0 Å². The van der Waals surface area contributed by atoms with Crippen molar-refractivity contribution in [1.29, 1.82) is 0 Å². The van der Waals surface area contributed by atoms with Crippen LogP contribution in [-0.4, -0.2) is 19.0 Å². The molecule has 0 heterocycles. The third-order valence-corrected chi connectivity index (χ3v) is 4.34. The molecule has 0 aliphatic carbocycles. The first-order chi connectivity index (χ1) is 11.8. The lowest BCUT2D eigenvalue weighted by Gasteiger charge is -2.26. The first kappa shape index (κ1) is 19.1. The van der Waals surface area contributed by atoms with Gasteiger partial charge < -0.3 is 4.74 Å². The summed E-state index contributed by atoms with van der Waals surface area (Å²) in [5.41, 5.74) is 2.07. The second-order valence-electron chi connectivity index (χ2n) is 5.79. The average Bonchev–Trinajstić information content (AvgIpc) is 2.58. The van der Waals surface area contributed by atoms with Gasteiger partial charge in [0.15, 0.2) is 0 Å². The largest absolute Gasteiger partial charge is 0.469 e. The van der Waals surface area contributed by atoms with Crippen molar-refractivity contribution in [2.75, 3.05) is 12.0 Å². The van der Waals surface area contributed by atoms with E-state index in [0.29, 0.717) is 11.4 Å². The summed E-state index contributed by atoms with van der Waals surface area (Å²) in [5.74, 6) is -1.34. The number of rotatable bonds is 5. The maximum absolute atomic E-state index is 13.6. The Hall–Kier alpha value is -2.21. The van der Waals surface area contributed by atoms with Gasteiger partial charge in [-0.25, -0.2) is 4.39 Å². The fourth-order valence-corrected chi connectivity index (χ4v) is 2.86. The predicted molar refractivity (Wildman–Crippen MR) is 98.4 cm³/mol. The summed E-state index contributed by atoms with van der Waals surface area (Å²) in [6.07, 6.45) is -0.405. The van der Waals surface area contributed by atoms with Crippen LogP contribution in [0.3, 0.4) is 0 Å². The number of anilines is 2. The molecule has 0 bridgehead atoms. The lowest BCUT2D eigenvalue weighted by atomic mass is 10.00. The predicted octanol–water partition coefficient (Wildman–Crippen LogP) is 4.94. The number of ether oxygens (including phenoxy) is 1. The summed E-state index contributed by atoms with van der Waals surface area (Å²) < 4.78 is 18.5. The van der Waals surface area contributed by atoms with Crippen molar-refractivity contribution in [3.8, 4) is 0 Å².